The van der Waals surface area contributed by atoms with Crippen molar-refractivity contribution in [1.82, 2.24) is 10.2 Å². The Labute approximate surface area is 121 Å². The van der Waals surface area contributed by atoms with Crippen LogP contribution in [-0.2, 0) is 11.2 Å². The standard InChI is InChI=1S/C16H25N3O/c1-13(12-19-9-5-6-10-19)18-16(20)15(17)11-14-7-3-2-4-8-14/h2-4,7-8,13,15H,5-6,9-12,17H2,1H3,(H,18,20)/t13?,15-/m1/s1. The summed E-state index contributed by atoms with van der Waals surface area (Å²) in [6, 6.07) is 9.58. The summed E-state index contributed by atoms with van der Waals surface area (Å²) in [5.41, 5.74) is 7.08. The normalized spacial score (nSPS) is 18.7. The van der Waals surface area contributed by atoms with Gasteiger partial charge in [-0.05, 0) is 44.8 Å². The van der Waals surface area contributed by atoms with Crippen LogP contribution >= 0.6 is 0 Å². The van der Waals surface area contributed by atoms with E-state index in [1.54, 1.807) is 0 Å². The molecular formula is C16H25N3O. The Balaban J connectivity index is 1.75. The molecule has 0 spiro atoms. The number of carbonyl (C=O) groups is 1. The van der Waals surface area contributed by atoms with E-state index in [1.165, 1.54) is 12.8 Å². The van der Waals surface area contributed by atoms with Gasteiger partial charge in [0.1, 0.15) is 0 Å². The molecule has 1 aromatic carbocycles. The third-order valence-corrected chi connectivity index (χ3v) is 3.75. The highest BCUT2D eigenvalue weighted by Gasteiger charge is 2.19. The first kappa shape index (κ1) is 15.0. The number of hydrogen-bond acceptors (Lipinski definition) is 3. The molecular weight excluding hydrogens is 250 g/mol. The lowest BCUT2D eigenvalue weighted by atomic mass is 10.1. The minimum atomic E-state index is -0.474. The molecule has 2 rings (SSSR count). The van der Waals surface area contributed by atoms with Gasteiger partial charge in [0.05, 0.1) is 6.04 Å². The van der Waals surface area contributed by atoms with Gasteiger partial charge in [0.2, 0.25) is 5.91 Å². The summed E-state index contributed by atoms with van der Waals surface area (Å²) in [5, 5.41) is 3.02. The highest BCUT2D eigenvalue weighted by atomic mass is 16.2. The van der Waals surface area contributed by atoms with Crippen LogP contribution in [0.1, 0.15) is 25.3 Å². The molecule has 1 unspecified atom stereocenters. The van der Waals surface area contributed by atoms with E-state index in [9.17, 15) is 4.79 Å². The highest BCUT2D eigenvalue weighted by Crippen LogP contribution is 2.07. The average Bonchev–Trinajstić information content (AvgIpc) is 2.92. The molecule has 20 heavy (non-hydrogen) atoms. The Morgan fingerprint density at radius 3 is 2.60 bits per heavy atom. The number of benzene rings is 1. The lowest BCUT2D eigenvalue weighted by molar-refractivity contribution is -0.123. The lowest BCUT2D eigenvalue weighted by Crippen LogP contribution is -2.48. The molecule has 4 nitrogen and oxygen atoms in total. The van der Waals surface area contributed by atoms with Gasteiger partial charge in [-0.25, -0.2) is 0 Å². The van der Waals surface area contributed by atoms with Crippen molar-refractivity contribution in [3.8, 4) is 0 Å². The number of rotatable bonds is 6. The van der Waals surface area contributed by atoms with Crippen LogP contribution < -0.4 is 11.1 Å². The van der Waals surface area contributed by atoms with Crippen LogP contribution in [-0.4, -0.2) is 42.5 Å². The molecule has 3 N–H and O–H groups in total. The Hall–Kier alpha value is -1.39. The largest absolute Gasteiger partial charge is 0.351 e. The third kappa shape index (κ3) is 4.62. The van der Waals surface area contributed by atoms with Crippen molar-refractivity contribution in [2.24, 2.45) is 5.73 Å². The van der Waals surface area contributed by atoms with E-state index in [4.69, 9.17) is 5.73 Å². The molecule has 1 fully saturated rings. The predicted molar refractivity (Wildman–Crippen MR) is 81.4 cm³/mol. The monoisotopic (exact) mass is 275 g/mol. The second-order valence-corrected chi connectivity index (χ2v) is 5.71. The minimum absolute atomic E-state index is 0.0550. The van der Waals surface area contributed by atoms with Crippen molar-refractivity contribution in [2.45, 2.75) is 38.3 Å². The maximum Gasteiger partial charge on any atom is 0.237 e. The summed E-state index contributed by atoms with van der Waals surface area (Å²) in [6.07, 6.45) is 3.13. The maximum absolute atomic E-state index is 12.1. The van der Waals surface area contributed by atoms with E-state index in [0.29, 0.717) is 6.42 Å². The number of nitrogens with zero attached hydrogens (tertiary/aromatic N) is 1. The van der Waals surface area contributed by atoms with E-state index < -0.39 is 6.04 Å². The van der Waals surface area contributed by atoms with Crippen LogP contribution in [0.2, 0.25) is 0 Å². The molecule has 110 valence electrons. The van der Waals surface area contributed by atoms with Crippen LogP contribution in [0.4, 0.5) is 0 Å². The van der Waals surface area contributed by atoms with Gasteiger partial charge >= 0.3 is 0 Å². The van der Waals surface area contributed by atoms with Crippen molar-refractivity contribution in [3.63, 3.8) is 0 Å². The van der Waals surface area contributed by atoms with Crippen LogP contribution in [0.15, 0.2) is 30.3 Å². The number of nitrogens with one attached hydrogen (secondary N) is 1. The Kier molecular flexibility index (Phi) is 5.56. The van der Waals surface area contributed by atoms with Crippen LogP contribution in [0.5, 0.6) is 0 Å². The zero-order chi connectivity index (χ0) is 14.4. The maximum atomic E-state index is 12.1. The van der Waals surface area contributed by atoms with Crippen molar-refractivity contribution in [3.05, 3.63) is 35.9 Å². The van der Waals surface area contributed by atoms with Crippen molar-refractivity contribution in [1.29, 1.82) is 0 Å². The molecule has 0 saturated carbocycles. The topological polar surface area (TPSA) is 58.4 Å². The first-order valence-electron chi connectivity index (χ1n) is 7.47. The van der Waals surface area contributed by atoms with Crippen LogP contribution in [0.25, 0.3) is 0 Å². The number of amides is 1. The molecule has 1 amide bonds. The first-order chi connectivity index (χ1) is 9.65. The van der Waals surface area contributed by atoms with Crippen LogP contribution in [0.3, 0.4) is 0 Å². The molecule has 0 aromatic heterocycles. The quantitative estimate of drug-likeness (QED) is 0.819. The third-order valence-electron chi connectivity index (χ3n) is 3.75. The van der Waals surface area contributed by atoms with E-state index in [2.05, 4.69) is 10.2 Å². The molecule has 0 aliphatic carbocycles. The summed E-state index contributed by atoms with van der Waals surface area (Å²) in [4.78, 5) is 14.5. The predicted octanol–water partition coefficient (Wildman–Crippen LogP) is 1.16. The van der Waals surface area contributed by atoms with Gasteiger partial charge < -0.3 is 16.0 Å². The van der Waals surface area contributed by atoms with Crippen molar-refractivity contribution in [2.75, 3.05) is 19.6 Å². The number of likely N-dealkylation sites (tertiary alicyclic amines) is 1. The molecule has 4 heteroatoms. The fourth-order valence-corrected chi connectivity index (χ4v) is 2.71. The fraction of sp³-hybridized carbons (Fsp3) is 0.562. The van der Waals surface area contributed by atoms with E-state index in [-0.39, 0.29) is 11.9 Å². The van der Waals surface area contributed by atoms with E-state index in [1.807, 2.05) is 37.3 Å². The van der Waals surface area contributed by atoms with Gasteiger partial charge in [-0.3, -0.25) is 4.79 Å². The van der Waals surface area contributed by atoms with Gasteiger partial charge in [0.15, 0.2) is 0 Å². The van der Waals surface area contributed by atoms with E-state index >= 15 is 0 Å². The lowest BCUT2D eigenvalue weighted by Gasteiger charge is -2.22. The zero-order valence-electron chi connectivity index (χ0n) is 12.2. The Morgan fingerprint density at radius 2 is 1.95 bits per heavy atom. The van der Waals surface area contributed by atoms with E-state index in [0.717, 1.165) is 25.2 Å². The molecule has 1 saturated heterocycles. The second-order valence-electron chi connectivity index (χ2n) is 5.71. The van der Waals surface area contributed by atoms with Crippen molar-refractivity contribution >= 4 is 5.91 Å². The number of hydrogen-bond donors (Lipinski definition) is 2. The molecule has 2 atom stereocenters. The molecule has 0 bridgehead atoms. The molecule has 1 aliphatic rings. The molecule has 1 aliphatic heterocycles. The average molecular weight is 275 g/mol. The van der Waals surface area contributed by atoms with Gasteiger partial charge in [-0.2, -0.15) is 0 Å². The summed E-state index contributed by atoms with van der Waals surface area (Å²) in [7, 11) is 0. The zero-order valence-corrected chi connectivity index (χ0v) is 12.2. The second kappa shape index (κ2) is 7.41. The summed E-state index contributed by atoms with van der Waals surface area (Å²) in [6.45, 7) is 5.27. The van der Waals surface area contributed by atoms with Gasteiger partial charge in [-0.15, -0.1) is 0 Å². The fourth-order valence-electron chi connectivity index (χ4n) is 2.71. The minimum Gasteiger partial charge on any atom is -0.351 e. The SMILES string of the molecule is CC(CN1CCCC1)NC(=O)[C@H](N)Cc1ccccc1. The summed E-state index contributed by atoms with van der Waals surface area (Å²) >= 11 is 0. The van der Waals surface area contributed by atoms with Gasteiger partial charge in [0.25, 0.3) is 0 Å². The smallest absolute Gasteiger partial charge is 0.237 e. The Bertz CT molecular complexity index is 415. The Morgan fingerprint density at radius 1 is 1.30 bits per heavy atom. The molecule has 1 aromatic rings. The van der Waals surface area contributed by atoms with Gasteiger partial charge in [-0.1, -0.05) is 30.3 Å². The number of carbonyl (C=O) groups excluding carboxylic acids is 1. The molecule has 1 heterocycles. The number of nitrogens with two attached hydrogens (primary N) is 1. The first-order valence-corrected chi connectivity index (χ1v) is 7.47. The highest BCUT2D eigenvalue weighted by molar-refractivity contribution is 5.82. The van der Waals surface area contributed by atoms with Gasteiger partial charge in [0, 0.05) is 12.6 Å². The summed E-state index contributed by atoms with van der Waals surface area (Å²) in [5.74, 6) is -0.0550. The summed E-state index contributed by atoms with van der Waals surface area (Å²) < 4.78 is 0. The van der Waals surface area contributed by atoms with Crippen molar-refractivity contribution < 1.29 is 4.79 Å². The molecule has 0 radical (unpaired) electrons. The van der Waals surface area contributed by atoms with Crippen LogP contribution in [0, 0.1) is 0 Å².